The maximum Gasteiger partial charge on any atom is 0.407 e. The lowest BCUT2D eigenvalue weighted by atomic mass is 10.1. The van der Waals surface area contributed by atoms with Gasteiger partial charge in [0.2, 0.25) is 0 Å². The predicted octanol–water partition coefficient (Wildman–Crippen LogP) is 1.76. The molecule has 0 aromatic rings. The average Bonchev–Trinajstić information content (AvgIpc) is 2.45. The topological polar surface area (TPSA) is 111 Å². The maximum absolute atomic E-state index is 11.3. The number of hydrogen-bond donors (Lipinski definition) is 2. The van der Waals surface area contributed by atoms with E-state index in [0.29, 0.717) is 45.8 Å². The number of carbonyl (C=O) groups excluding carboxylic acids is 2. The SMILES string of the molecule is CC(C)(C)OC(=O)NCCOCCOCCCC(=O)CCC(=O)O. The van der Waals surface area contributed by atoms with Gasteiger partial charge in [-0.15, -0.1) is 0 Å². The van der Waals surface area contributed by atoms with Crippen molar-refractivity contribution in [1.82, 2.24) is 5.32 Å². The Kier molecular flexibility index (Phi) is 11.8. The largest absolute Gasteiger partial charge is 0.481 e. The highest BCUT2D eigenvalue weighted by Crippen LogP contribution is 2.06. The van der Waals surface area contributed by atoms with Crippen LogP contribution in [-0.4, -0.2) is 61.5 Å². The number of Topliss-reactive ketones (excluding diaryl/α,β-unsaturated/α-hetero) is 1. The van der Waals surface area contributed by atoms with Crippen molar-refractivity contribution in [3.63, 3.8) is 0 Å². The summed E-state index contributed by atoms with van der Waals surface area (Å²) in [6.45, 7) is 7.31. The van der Waals surface area contributed by atoms with Crippen molar-refractivity contribution in [2.45, 2.75) is 52.1 Å². The zero-order chi connectivity index (χ0) is 18.4. The second-order valence-corrected chi connectivity index (χ2v) is 6.19. The molecule has 140 valence electrons. The fourth-order valence-electron chi connectivity index (χ4n) is 1.60. The third-order valence-corrected chi connectivity index (χ3v) is 2.65. The summed E-state index contributed by atoms with van der Waals surface area (Å²) in [5.41, 5.74) is -0.520. The molecule has 0 aliphatic carbocycles. The van der Waals surface area contributed by atoms with Crippen LogP contribution in [0.25, 0.3) is 0 Å². The molecule has 0 rings (SSSR count). The molecule has 0 aromatic carbocycles. The zero-order valence-corrected chi connectivity index (χ0v) is 14.8. The molecule has 0 aromatic heterocycles. The van der Waals surface area contributed by atoms with E-state index in [1.807, 2.05) is 0 Å². The molecule has 0 aliphatic rings. The van der Waals surface area contributed by atoms with Gasteiger partial charge in [0, 0.05) is 26.0 Å². The predicted molar refractivity (Wildman–Crippen MR) is 87.0 cm³/mol. The Labute approximate surface area is 142 Å². The highest BCUT2D eigenvalue weighted by Gasteiger charge is 2.15. The van der Waals surface area contributed by atoms with Gasteiger partial charge in [0.25, 0.3) is 0 Å². The number of carboxylic acids is 1. The lowest BCUT2D eigenvalue weighted by molar-refractivity contribution is -0.138. The van der Waals surface area contributed by atoms with Crippen LogP contribution in [-0.2, 0) is 23.8 Å². The molecule has 0 saturated heterocycles. The first-order chi connectivity index (χ1) is 11.2. The van der Waals surface area contributed by atoms with Gasteiger partial charge in [-0.1, -0.05) is 0 Å². The normalized spacial score (nSPS) is 11.1. The van der Waals surface area contributed by atoms with Crippen LogP contribution in [0, 0.1) is 0 Å². The van der Waals surface area contributed by atoms with E-state index < -0.39 is 17.7 Å². The second kappa shape index (κ2) is 12.7. The van der Waals surface area contributed by atoms with Gasteiger partial charge in [0.1, 0.15) is 11.4 Å². The third kappa shape index (κ3) is 16.7. The van der Waals surface area contributed by atoms with Gasteiger partial charge in [-0.2, -0.15) is 0 Å². The van der Waals surface area contributed by atoms with E-state index in [2.05, 4.69) is 5.32 Å². The van der Waals surface area contributed by atoms with E-state index in [1.165, 1.54) is 0 Å². The Hall–Kier alpha value is -1.67. The van der Waals surface area contributed by atoms with Crippen LogP contribution in [0.2, 0.25) is 0 Å². The molecule has 24 heavy (non-hydrogen) atoms. The minimum Gasteiger partial charge on any atom is -0.481 e. The number of ether oxygens (including phenoxy) is 3. The number of hydrogen-bond acceptors (Lipinski definition) is 6. The van der Waals surface area contributed by atoms with Crippen LogP contribution in [0.3, 0.4) is 0 Å². The van der Waals surface area contributed by atoms with E-state index in [4.69, 9.17) is 19.3 Å². The Morgan fingerprint density at radius 1 is 0.917 bits per heavy atom. The number of amides is 1. The van der Waals surface area contributed by atoms with Gasteiger partial charge in [-0.3, -0.25) is 9.59 Å². The quantitative estimate of drug-likeness (QED) is 0.488. The zero-order valence-electron chi connectivity index (χ0n) is 14.8. The van der Waals surface area contributed by atoms with Gasteiger partial charge in [-0.25, -0.2) is 4.79 Å². The van der Waals surface area contributed by atoms with Crippen molar-refractivity contribution in [3.8, 4) is 0 Å². The van der Waals surface area contributed by atoms with Crippen LogP contribution in [0.1, 0.15) is 46.5 Å². The molecule has 0 fully saturated rings. The standard InChI is InChI=1S/C16H29NO7/c1-16(2,3)24-15(21)17-8-10-23-12-11-22-9-4-5-13(18)6-7-14(19)20/h4-12H2,1-3H3,(H,17,21)(H,19,20). The van der Waals surface area contributed by atoms with Crippen molar-refractivity contribution < 1.29 is 33.7 Å². The maximum atomic E-state index is 11.3. The van der Waals surface area contributed by atoms with Gasteiger partial charge < -0.3 is 24.6 Å². The average molecular weight is 347 g/mol. The molecular weight excluding hydrogens is 318 g/mol. The Balaban J connectivity index is 3.33. The van der Waals surface area contributed by atoms with Crippen molar-refractivity contribution in [2.75, 3.05) is 33.0 Å². The van der Waals surface area contributed by atoms with Crippen molar-refractivity contribution >= 4 is 17.8 Å². The summed E-state index contributed by atoms with van der Waals surface area (Å²) in [4.78, 5) is 32.9. The van der Waals surface area contributed by atoms with Crippen LogP contribution in [0.15, 0.2) is 0 Å². The summed E-state index contributed by atoms with van der Waals surface area (Å²) < 4.78 is 15.6. The van der Waals surface area contributed by atoms with E-state index in [1.54, 1.807) is 20.8 Å². The van der Waals surface area contributed by atoms with E-state index >= 15 is 0 Å². The van der Waals surface area contributed by atoms with Crippen LogP contribution in [0.5, 0.6) is 0 Å². The summed E-state index contributed by atoms with van der Waals surface area (Å²) in [6, 6.07) is 0. The lowest BCUT2D eigenvalue weighted by Crippen LogP contribution is -2.34. The van der Waals surface area contributed by atoms with Crippen LogP contribution >= 0.6 is 0 Å². The highest BCUT2D eigenvalue weighted by atomic mass is 16.6. The number of carboxylic acid groups (broad SMARTS) is 1. The lowest BCUT2D eigenvalue weighted by Gasteiger charge is -2.19. The van der Waals surface area contributed by atoms with Gasteiger partial charge in [0.15, 0.2) is 0 Å². The Morgan fingerprint density at radius 2 is 1.54 bits per heavy atom. The Bertz CT molecular complexity index is 390. The first kappa shape index (κ1) is 22.3. The van der Waals surface area contributed by atoms with Gasteiger partial charge in [-0.05, 0) is 27.2 Å². The fraction of sp³-hybridized carbons (Fsp3) is 0.812. The molecule has 8 nitrogen and oxygen atoms in total. The van der Waals surface area contributed by atoms with Gasteiger partial charge >= 0.3 is 12.1 Å². The molecule has 0 heterocycles. The number of carbonyl (C=O) groups is 3. The van der Waals surface area contributed by atoms with Crippen molar-refractivity contribution in [2.24, 2.45) is 0 Å². The fourth-order valence-corrected chi connectivity index (χ4v) is 1.60. The third-order valence-electron chi connectivity index (χ3n) is 2.65. The minimum absolute atomic E-state index is 0.0644. The van der Waals surface area contributed by atoms with Crippen LogP contribution in [0.4, 0.5) is 4.79 Å². The monoisotopic (exact) mass is 347 g/mol. The molecule has 0 radical (unpaired) electrons. The smallest absolute Gasteiger partial charge is 0.407 e. The number of aliphatic carboxylic acids is 1. The van der Waals surface area contributed by atoms with Crippen molar-refractivity contribution in [1.29, 1.82) is 0 Å². The number of ketones is 1. The molecule has 2 N–H and O–H groups in total. The minimum atomic E-state index is -0.960. The van der Waals surface area contributed by atoms with E-state index in [9.17, 15) is 14.4 Å². The summed E-state index contributed by atoms with van der Waals surface area (Å²) in [7, 11) is 0. The molecule has 8 heteroatoms. The molecule has 0 aliphatic heterocycles. The second-order valence-electron chi connectivity index (χ2n) is 6.19. The summed E-state index contributed by atoms with van der Waals surface area (Å²) >= 11 is 0. The number of nitrogens with one attached hydrogen (secondary N) is 1. The summed E-state index contributed by atoms with van der Waals surface area (Å²) in [5, 5.41) is 11.0. The highest BCUT2D eigenvalue weighted by molar-refractivity contribution is 5.82. The number of alkyl carbamates (subject to hydrolysis) is 1. The summed E-state index contributed by atoms with van der Waals surface area (Å²) in [6.07, 6.45) is 0.371. The first-order valence-corrected chi connectivity index (χ1v) is 8.06. The molecule has 0 bridgehead atoms. The molecule has 0 atom stereocenters. The Morgan fingerprint density at radius 3 is 2.12 bits per heavy atom. The summed E-state index contributed by atoms with van der Waals surface area (Å²) in [5.74, 6) is -1.02. The van der Waals surface area contributed by atoms with E-state index in [-0.39, 0.29) is 18.6 Å². The van der Waals surface area contributed by atoms with Crippen LogP contribution < -0.4 is 5.32 Å². The number of rotatable bonds is 13. The molecular formula is C16H29NO7. The van der Waals surface area contributed by atoms with Crippen molar-refractivity contribution in [3.05, 3.63) is 0 Å². The molecule has 0 saturated carbocycles. The van der Waals surface area contributed by atoms with E-state index in [0.717, 1.165) is 0 Å². The first-order valence-electron chi connectivity index (χ1n) is 8.06. The molecule has 0 unspecified atom stereocenters. The molecule has 1 amide bonds. The molecule has 0 spiro atoms. The van der Waals surface area contributed by atoms with Gasteiger partial charge in [0.05, 0.1) is 26.2 Å².